The van der Waals surface area contributed by atoms with Crippen molar-refractivity contribution in [2.45, 2.75) is 38.5 Å². The van der Waals surface area contributed by atoms with Crippen molar-refractivity contribution in [3.05, 3.63) is 66.0 Å². The third kappa shape index (κ3) is 5.90. The van der Waals surface area contributed by atoms with Crippen LogP contribution in [0.3, 0.4) is 0 Å². The molecule has 2 aromatic carbocycles. The topological polar surface area (TPSA) is 68.8 Å². The first-order valence-corrected chi connectivity index (χ1v) is 12.2. The summed E-state index contributed by atoms with van der Waals surface area (Å²) in [5, 5.41) is 3.50. The van der Waals surface area contributed by atoms with Gasteiger partial charge in [0.25, 0.3) is 0 Å². The SMILES string of the molecule is CCNC(=NCCCc1nc2ccccc2[nH]1)N1CC2OCCN(Cc3ccccc3)C2C1.I. The number of morpholine rings is 1. The first-order valence-electron chi connectivity index (χ1n) is 12.2. The van der Waals surface area contributed by atoms with Crippen LogP contribution < -0.4 is 5.32 Å². The Labute approximate surface area is 219 Å². The van der Waals surface area contributed by atoms with Crippen molar-refractivity contribution >= 4 is 41.0 Å². The van der Waals surface area contributed by atoms with Crippen LogP contribution in [0.1, 0.15) is 24.7 Å². The summed E-state index contributed by atoms with van der Waals surface area (Å²) < 4.78 is 6.16. The van der Waals surface area contributed by atoms with Gasteiger partial charge in [0.05, 0.1) is 29.8 Å². The molecule has 1 aromatic heterocycles. The Kier molecular flexibility index (Phi) is 8.80. The molecule has 5 rings (SSSR count). The molecule has 2 unspecified atom stereocenters. The predicted octanol–water partition coefficient (Wildman–Crippen LogP) is 3.66. The van der Waals surface area contributed by atoms with Crippen LogP contribution in [0.2, 0.25) is 0 Å². The number of aryl methyl sites for hydroxylation is 1. The van der Waals surface area contributed by atoms with Crippen molar-refractivity contribution in [2.24, 2.45) is 4.99 Å². The quantitative estimate of drug-likeness (QED) is 0.195. The van der Waals surface area contributed by atoms with Gasteiger partial charge >= 0.3 is 0 Å². The number of benzene rings is 2. The lowest BCUT2D eigenvalue weighted by molar-refractivity contribution is -0.0502. The molecule has 34 heavy (non-hydrogen) atoms. The summed E-state index contributed by atoms with van der Waals surface area (Å²) in [7, 11) is 0. The molecule has 3 heterocycles. The van der Waals surface area contributed by atoms with Crippen molar-refractivity contribution in [3.63, 3.8) is 0 Å². The van der Waals surface area contributed by atoms with Gasteiger partial charge < -0.3 is 19.9 Å². The third-order valence-corrected chi connectivity index (χ3v) is 6.55. The van der Waals surface area contributed by atoms with Gasteiger partial charge in [-0.05, 0) is 31.0 Å². The van der Waals surface area contributed by atoms with E-state index in [9.17, 15) is 0 Å². The average molecular weight is 575 g/mol. The van der Waals surface area contributed by atoms with Gasteiger partial charge in [-0.2, -0.15) is 0 Å². The second-order valence-corrected chi connectivity index (χ2v) is 8.88. The number of fused-ring (bicyclic) bond motifs is 2. The van der Waals surface area contributed by atoms with Crippen LogP contribution in [0.5, 0.6) is 0 Å². The maximum Gasteiger partial charge on any atom is 0.194 e. The highest BCUT2D eigenvalue weighted by atomic mass is 127. The molecule has 0 aliphatic carbocycles. The molecule has 2 fully saturated rings. The molecule has 3 aromatic rings. The summed E-state index contributed by atoms with van der Waals surface area (Å²) in [6.45, 7) is 8.37. The van der Waals surface area contributed by atoms with E-state index in [0.717, 1.165) is 81.5 Å². The monoisotopic (exact) mass is 574 g/mol. The minimum Gasteiger partial charge on any atom is -0.373 e. The third-order valence-electron chi connectivity index (χ3n) is 6.55. The zero-order chi connectivity index (χ0) is 22.5. The molecule has 0 spiro atoms. The number of halogens is 1. The largest absolute Gasteiger partial charge is 0.373 e. The van der Waals surface area contributed by atoms with Crippen molar-refractivity contribution in [1.82, 2.24) is 25.1 Å². The van der Waals surface area contributed by atoms with E-state index in [2.05, 4.69) is 68.4 Å². The van der Waals surface area contributed by atoms with E-state index in [1.54, 1.807) is 0 Å². The molecular formula is C26H35IN6O. The van der Waals surface area contributed by atoms with Crippen molar-refractivity contribution in [3.8, 4) is 0 Å². The number of hydrogen-bond donors (Lipinski definition) is 2. The molecule has 2 atom stereocenters. The molecule has 0 saturated carbocycles. The highest BCUT2D eigenvalue weighted by molar-refractivity contribution is 14.0. The number of aromatic nitrogens is 2. The normalized spacial score (nSPS) is 20.9. The average Bonchev–Trinajstić information content (AvgIpc) is 3.46. The second kappa shape index (κ2) is 12.0. The molecule has 2 saturated heterocycles. The highest BCUT2D eigenvalue weighted by Crippen LogP contribution is 2.24. The number of imidazole rings is 1. The highest BCUT2D eigenvalue weighted by Gasteiger charge is 2.41. The molecule has 2 aliphatic rings. The van der Waals surface area contributed by atoms with Crippen molar-refractivity contribution in [2.75, 3.05) is 39.3 Å². The maximum absolute atomic E-state index is 6.16. The number of aromatic amines is 1. The fourth-order valence-electron chi connectivity index (χ4n) is 4.93. The van der Waals surface area contributed by atoms with Crippen LogP contribution >= 0.6 is 24.0 Å². The lowest BCUT2D eigenvalue weighted by Gasteiger charge is -2.36. The second-order valence-electron chi connectivity index (χ2n) is 8.88. The van der Waals surface area contributed by atoms with Gasteiger partial charge in [-0.25, -0.2) is 4.98 Å². The summed E-state index contributed by atoms with van der Waals surface area (Å²) >= 11 is 0. The van der Waals surface area contributed by atoms with Gasteiger partial charge in [-0.3, -0.25) is 9.89 Å². The molecule has 2 aliphatic heterocycles. The van der Waals surface area contributed by atoms with Gasteiger partial charge in [-0.15, -0.1) is 24.0 Å². The van der Waals surface area contributed by atoms with Gasteiger partial charge in [0.2, 0.25) is 0 Å². The molecule has 182 valence electrons. The fourth-order valence-corrected chi connectivity index (χ4v) is 4.93. The zero-order valence-electron chi connectivity index (χ0n) is 19.8. The fraction of sp³-hybridized carbons (Fsp3) is 0.462. The number of hydrogen-bond acceptors (Lipinski definition) is 4. The number of rotatable bonds is 7. The van der Waals surface area contributed by atoms with E-state index in [1.807, 2.05) is 18.2 Å². The van der Waals surface area contributed by atoms with E-state index in [0.29, 0.717) is 6.04 Å². The molecule has 0 radical (unpaired) electrons. The number of nitrogens with zero attached hydrogens (tertiary/aromatic N) is 4. The van der Waals surface area contributed by atoms with E-state index in [1.165, 1.54) is 5.56 Å². The smallest absolute Gasteiger partial charge is 0.194 e. The Morgan fingerprint density at radius 3 is 2.79 bits per heavy atom. The van der Waals surface area contributed by atoms with Crippen LogP contribution in [0.15, 0.2) is 59.6 Å². The van der Waals surface area contributed by atoms with Gasteiger partial charge in [0.15, 0.2) is 5.96 Å². The Morgan fingerprint density at radius 2 is 1.97 bits per heavy atom. The molecular weight excluding hydrogens is 539 g/mol. The van der Waals surface area contributed by atoms with Crippen LogP contribution in [0.4, 0.5) is 0 Å². The van der Waals surface area contributed by atoms with Gasteiger partial charge in [0, 0.05) is 45.7 Å². The summed E-state index contributed by atoms with van der Waals surface area (Å²) in [5.41, 5.74) is 3.50. The molecule has 8 heteroatoms. The zero-order valence-corrected chi connectivity index (χ0v) is 22.2. The number of nitrogens with one attached hydrogen (secondary N) is 2. The Hall–Kier alpha value is -2.17. The number of likely N-dealkylation sites (tertiary alicyclic amines) is 1. The molecule has 7 nitrogen and oxygen atoms in total. The lowest BCUT2D eigenvalue weighted by Crippen LogP contribution is -2.50. The Balaban J connectivity index is 0.00000274. The van der Waals surface area contributed by atoms with E-state index >= 15 is 0 Å². The minimum absolute atomic E-state index is 0. The van der Waals surface area contributed by atoms with Crippen LogP contribution in [-0.2, 0) is 17.7 Å². The predicted molar refractivity (Wildman–Crippen MR) is 148 cm³/mol. The van der Waals surface area contributed by atoms with E-state index < -0.39 is 0 Å². The van der Waals surface area contributed by atoms with Crippen LogP contribution in [0, 0.1) is 0 Å². The molecule has 0 bridgehead atoms. The van der Waals surface area contributed by atoms with Crippen molar-refractivity contribution < 1.29 is 4.74 Å². The van der Waals surface area contributed by atoms with Crippen LogP contribution in [0.25, 0.3) is 11.0 Å². The first-order chi connectivity index (χ1) is 16.3. The standard InChI is InChI=1S/C26H34N6O.HI/c1-2-27-26(28-14-8-13-25-29-21-11-6-7-12-22(21)30-25)32-18-23-24(19-32)33-16-15-31(23)17-20-9-4-3-5-10-20;/h3-7,9-12,23-24H,2,8,13-19H2,1H3,(H,27,28)(H,29,30);1H. The summed E-state index contributed by atoms with van der Waals surface area (Å²) in [6, 6.07) is 19.3. The molecule has 0 amide bonds. The number of para-hydroxylation sites is 2. The van der Waals surface area contributed by atoms with Crippen molar-refractivity contribution in [1.29, 1.82) is 0 Å². The van der Waals surface area contributed by atoms with Gasteiger partial charge in [0.1, 0.15) is 5.82 Å². The maximum atomic E-state index is 6.16. The summed E-state index contributed by atoms with van der Waals surface area (Å²) in [4.78, 5) is 18.0. The van der Waals surface area contributed by atoms with E-state index in [4.69, 9.17) is 9.73 Å². The number of aliphatic imine (C=N–C) groups is 1. The summed E-state index contributed by atoms with van der Waals surface area (Å²) in [5.74, 6) is 2.04. The first kappa shape index (κ1) is 24.9. The number of guanidine groups is 1. The van der Waals surface area contributed by atoms with Crippen LogP contribution in [-0.4, -0.2) is 77.2 Å². The van der Waals surface area contributed by atoms with Gasteiger partial charge in [-0.1, -0.05) is 42.5 Å². The Bertz CT molecular complexity index is 1040. The number of H-pyrrole nitrogens is 1. The minimum atomic E-state index is 0. The Morgan fingerprint density at radius 1 is 1.15 bits per heavy atom. The van der Waals surface area contributed by atoms with E-state index in [-0.39, 0.29) is 30.1 Å². The number of ether oxygens (including phenoxy) is 1. The summed E-state index contributed by atoms with van der Waals surface area (Å²) in [6.07, 6.45) is 2.10. The molecule has 2 N–H and O–H groups in total. The lowest BCUT2D eigenvalue weighted by atomic mass is 10.1.